The van der Waals surface area contributed by atoms with Gasteiger partial charge < -0.3 is 10.8 Å². The number of aromatic nitrogens is 2. The second kappa shape index (κ2) is 9.79. The topological polar surface area (TPSA) is 106 Å². The first-order valence-electron chi connectivity index (χ1n) is 9.61. The second-order valence-corrected chi connectivity index (χ2v) is 7.54. The molecule has 1 radical (unpaired) electrons. The van der Waals surface area contributed by atoms with Crippen molar-refractivity contribution < 1.29 is 47.4 Å². The van der Waals surface area contributed by atoms with E-state index in [1.54, 1.807) is 19.9 Å². The van der Waals surface area contributed by atoms with Crippen LogP contribution in [0.15, 0.2) is 30.3 Å². The van der Waals surface area contributed by atoms with E-state index in [9.17, 15) is 14.7 Å². The first kappa shape index (κ1) is 24.8. The Bertz CT molecular complexity index is 1130. The molecule has 0 saturated carbocycles. The summed E-state index contributed by atoms with van der Waals surface area (Å²) in [5.74, 6) is -2.04. The Morgan fingerprint density at radius 2 is 1.65 bits per heavy atom. The molecule has 3 aromatic rings. The van der Waals surface area contributed by atoms with Crippen LogP contribution in [0.25, 0.3) is 22.4 Å². The predicted octanol–water partition coefficient (Wildman–Crippen LogP) is 4.13. The number of aliphatic carboxylic acids is 1. The van der Waals surface area contributed by atoms with E-state index in [0.717, 1.165) is 33.5 Å². The number of primary amides is 1. The number of carboxylic acid groups (broad SMARTS) is 1. The first-order chi connectivity index (χ1) is 14.1. The van der Waals surface area contributed by atoms with Crippen LogP contribution in [0.4, 0.5) is 0 Å². The van der Waals surface area contributed by atoms with Crippen LogP contribution in [0.1, 0.15) is 51.4 Å². The predicted molar refractivity (Wildman–Crippen MR) is 115 cm³/mol. The van der Waals surface area contributed by atoms with Gasteiger partial charge in [-0.3, -0.25) is 14.6 Å². The van der Waals surface area contributed by atoms with Gasteiger partial charge in [-0.2, -0.15) is 0 Å². The van der Waals surface area contributed by atoms with E-state index < -0.39 is 17.8 Å². The molecule has 3 N–H and O–H groups in total. The second-order valence-electron chi connectivity index (χ2n) is 7.54. The zero-order chi connectivity index (χ0) is 22.2. The number of aryl methyl sites for hydroxylation is 4. The summed E-state index contributed by atoms with van der Waals surface area (Å²) in [6, 6.07) is 12.7. The van der Waals surface area contributed by atoms with Crippen LogP contribution < -0.4 is 5.73 Å². The molecule has 0 bridgehead atoms. The van der Waals surface area contributed by atoms with Crippen LogP contribution in [0, 0.1) is 33.8 Å². The molecule has 157 valence electrons. The number of hydrogen-bond donors (Lipinski definition) is 2. The Kier molecular flexibility index (Phi) is 7.84. The third-order valence-electron chi connectivity index (χ3n) is 5.26. The van der Waals surface area contributed by atoms with E-state index in [4.69, 9.17) is 5.73 Å². The molecule has 3 rings (SSSR count). The molecule has 6 nitrogen and oxygen atoms in total. The van der Waals surface area contributed by atoms with Crippen molar-refractivity contribution in [3.63, 3.8) is 0 Å². The third kappa shape index (κ3) is 5.08. The van der Waals surface area contributed by atoms with Gasteiger partial charge in [0.2, 0.25) is 0 Å². The summed E-state index contributed by atoms with van der Waals surface area (Å²) in [6.45, 7) is 9.23. The van der Waals surface area contributed by atoms with E-state index in [1.165, 1.54) is 0 Å². The Labute approximate surface area is 207 Å². The number of carbonyl (C=O) groups excluding carboxylic acids is 1. The number of rotatable bonds is 5. The minimum atomic E-state index is -0.863. The van der Waals surface area contributed by atoms with E-state index in [1.807, 2.05) is 45.0 Å². The van der Waals surface area contributed by atoms with Crippen molar-refractivity contribution in [2.75, 3.05) is 0 Å². The standard InChI is InChI=1S/C24H24N3O3.Y/c1-12-10-19(21-15(4)26-16(5)22(27-21)23(25)28)11-13(2)20(12)18-8-6-17(7-9-18)14(3)24(29)30;/h6-8,10-11,14H,1-5H3,(H2,25,28)(H,29,30);/q-1;/t14-;/m0./s1. The minimum absolute atomic E-state index is 0. The molecule has 7 heteroatoms. The van der Waals surface area contributed by atoms with Gasteiger partial charge in [-0.05, 0) is 27.7 Å². The summed E-state index contributed by atoms with van der Waals surface area (Å²) in [6.07, 6.45) is 0. The van der Waals surface area contributed by atoms with Gasteiger partial charge in [-0.1, -0.05) is 35.7 Å². The maximum absolute atomic E-state index is 11.7. The van der Waals surface area contributed by atoms with Crippen molar-refractivity contribution in [1.29, 1.82) is 0 Å². The first-order valence-corrected chi connectivity index (χ1v) is 9.61. The number of nitrogens with zero attached hydrogens (tertiary/aromatic N) is 2. The van der Waals surface area contributed by atoms with Gasteiger partial charge in [-0.15, -0.1) is 35.4 Å². The SMILES string of the molecule is Cc1cc(-c2nc(C(N)=O)c(C)nc2C)cc(C)c1-c1[c-]cc([C@H](C)C(=O)O)cc1.[Y]. The summed E-state index contributed by atoms with van der Waals surface area (Å²) < 4.78 is 0. The van der Waals surface area contributed by atoms with E-state index in [-0.39, 0.29) is 38.4 Å². The smallest absolute Gasteiger partial charge is 0.301 e. The average Bonchev–Trinajstić information content (AvgIpc) is 2.67. The number of hydrogen-bond acceptors (Lipinski definition) is 4. The van der Waals surface area contributed by atoms with Crippen molar-refractivity contribution in [1.82, 2.24) is 9.97 Å². The number of carbonyl (C=O) groups is 2. The van der Waals surface area contributed by atoms with Crippen molar-refractivity contribution in [3.8, 4) is 22.4 Å². The Morgan fingerprint density at radius 1 is 1.03 bits per heavy atom. The van der Waals surface area contributed by atoms with E-state index >= 15 is 0 Å². The van der Waals surface area contributed by atoms with Crippen LogP contribution in [0.3, 0.4) is 0 Å². The Morgan fingerprint density at radius 3 is 2.13 bits per heavy atom. The minimum Gasteiger partial charge on any atom is -0.481 e. The van der Waals surface area contributed by atoms with Crippen molar-refractivity contribution in [2.24, 2.45) is 5.73 Å². The molecule has 0 aliphatic rings. The molecule has 0 aliphatic heterocycles. The van der Waals surface area contributed by atoms with Crippen molar-refractivity contribution in [3.05, 3.63) is 70.2 Å². The molecular weight excluding hydrogens is 467 g/mol. The zero-order valence-electron chi connectivity index (χ0n) is 18.3. The summed E-state index contributed by atoms with van der Waals surface area (Å²) in [4.78, 5) is 31.8. The van der Waals surface area contributed by atoms with Gasteiger partial charge in [0.05, 0.1) is 17.1 Å². The van der Waals surface area contributed by atoms with Crippen molar-refractivity contribution in [2.45, 2.75) is 40.5 Å². The maximum atomic E-state index is 11.7. The molecular formula is C24H24N3O3Y-. The van der Waals surface area contributed by atoms with E-state index in [2.05, 4.69) is 16.0 Å². The van der Waals surface area contributed by atoms with Gasteiger partial charge in [0, 0.05) is 44.2 Å². The monoisotopic (exact) mass is 491 g/mol. The van der Waals surface area contributed by atoms with Gasteiger partial charge in [0.1, 0.15) is 5.69 Å². The number of benzene rings is 2. The molecule has 1 atom stereocenters. The summed E-state index contributed by atoms with van der Waals surface area (Å²) >= 11 is 0. The van der Waals surface area contributed by atoms with Crippen LogP contribution in [0.2, 0.25) is 0 Å². The maximum Gasteiger partial charge on any atom is 0.301 e. The number of carboxylic acids is 1. The van der Waals surface area contributed by atoms with Crippen molar-refractivity contribution >= 4 is 11.9 Å². The van der Waals surface area contributed by atoms with E-state index in [0.29, 0.717) is 17.0 Å². The molecule has 31 heavy (non-hydrogen) atoms. The molecule has 0 saturated heterocycles. The van der Waals surface area contributed by atoms with Crippen LogP contribution in [-0.2, 0) is 37.5 Å². The number of amides is 1. The molecule has 0 spiro atoms. The molecule has 0 unspecified atom stereocenters. The van der Waals surface area contributed by atoms with Gasteiger partial charge in [0.15, 0.2) is 0 Å². The van der Waals surface area contributed by atoms with Gasteiger partial charge in [-0.25, -0.2) is 4.98 Å². The Hall–Kier alpha value is -2.44. The van der Waals surface area contributed by atoms with Crippen LogP contribution in [-0.4, -0.2) is 27.0 Å². The normalized spacial score (nSPS) is 11.5. The summed E-state index contributed by atoms with van der Waals surface area (Å²) in [5.41, 5.74) is 13.0. The number of nitrogens with two attached hydrogens (primary N) is 1. The van der Waals surface area contributed by atoms with Crippen LogP contribution >= 0.6 is 0 Å². The summed E-state index contributed by atoms with van der Waals surface area (Å²) in [7, 11) is 0. The zero-order valence-corrected chi connectivity index (χ0v) is 21.1. The quantitative estimate of drug-likeness (QED) is 0.522. The summed E-state index contributed by atoms with van der Waals surface area (Å²) in [5, 5.41) is 9.19. The van der Waals surface area contributed by atoms with Gasteiger partial charge >= 0.3 is 5.97 Å². The molecule has 0 fully saturated rings. The fraction of sp³-hybridized carbons (Fsp3) is 0.250. The fourth-order valence-corrected chi connectivity index (χ4v) is 3.67. The molecule has 0 aliphatic carbocycles. The molecule has 1 amide bonds. The van der Waals surface area contributed by atoms with Gasteiger partial charge in [0.25, 0.3) is 5.91 Å². The fourth-order valence-electron chi connectivity index (χ4n) is 3.67. The van der Waals surface area contributed by atoms with Crippen LogP contribution in [0.5, 0.6) is 0 Å². The third-order valence-corrected chi connectivity index (χ3v) is 5.26. The molecule has 2 aromatic carbocycles. The largest absolute Gasteiger partial charge is 0.481 e. The molecule has 1 aromatic heterocycles. The molecule has 1 heterocycles. The Balaban J connectivity index is 0.00000341. The average molecular weight is 491 g/mol.